The molecular formula is C4H3N3S. The first kappa shape index (κ1) is 4.03. The molecule has 0 spiro atoms. The lowest BCUT2D eigenvalue weighted by atomic mass is 10.8. The highest BCUT2D eigenvalue weighted by atomic mass is 32.1. The maximum atomic E-state index is 3.98. The van der Waals surface area contributed by atoms with Gasteiger partial charge in [0.15, 0.2) is 10.5 Å². The molecule has 8 heavy (non-hydrogen) atoms. The smallest absolute Gasteiger partial charge is 0.168 e. The van der Waals surface area contributed by atoms with Crippen molar-refractivity contribution in [3.8, 4) is 0 Å². The Hall–Kier alpha value is -0.900. The maximum Gasteiger partial charge on any atom is 0.168 e. The minimum absolute atomic E-state index is 0.884. The molecule has 0 aliphatic carbocycles. The summed E-state index contributed by atoms with van der Waals surface area (Å²) in [7, 11) is 0. The lowest BCUT2D eigenvalue weighted by Crippen LogP contribution is -1.58. The van der Waals surface area contributed by atoms with Gasteiger partial charge in [0.05, 0.1) is 11.8 Å². The van der Waals surface area contributed by atoms with E-state index in [0.29, 0.717) is 0 Å². The molecule has 0 saturated heterocycles. The Morgan fingerprint density at radius 3 is 3.38 bits per heavy atom. The fraction of sp³-hybridized carbons (Fsp3) is 0. The predicted molar refractivity (Wildman–Crippen MR) is 31.8 cm³/mol. The summed E-state index contributed by atoms with van der Waals surface area (Å²) in [6.45, 7) is 0. The van der Waals surface area contributed by atoms with E-state index in [-0.39, 0.29) is 0 Å². The van der Waals surface area contributed by atoms with Crippen LogP contribution in [0.3, 0.4) is 0 Å². The monoisotopic (exact) mass is 125 g/mol. The van der Waals surface area contributed by atoms with Gasteiger partial charge in [0.2, 0.25) is 0 Å². The van der Waals surface area contributed by atoms with E-state index < -0.39 is 0 Å². The van der Waals surface area contributed by atoms with Crippen LogP contribution in [0.1, 0.15) is 0 Å². The second-order valence-corrected chi connectivity index (χ2v) is 2.24. The first-order valence-corrected chi connectivity index (χ1v) is 3.07. The Balaban J connectivity index is 3.06. The molecule has 4 heteroatoms. The van der Waals surface area contributed by atoms with Gasteiger partial charge >= 0.3 is 0 Å². The van der Waals surface area contributed by atoms with Gasteiger partial charge in [0, 0.05) is 0 Å². The minimum Gasteiger partial charge on any atom is -0.328 e. The quantitative estimate of drug-likeness (QED) is 0.571. The van der Waals surface area contributed by atoms with Crippen molar-refractivity contribution in [2.75, 3.05) is 0 Å². The van der Waals surface area contributed by atoms with E-state index in [9.17, 15) is 0 Å². The van der Waals surface area contributed by atoms with E-state index >= 15 is 0 Å². The first-order valence-electron chi connectivity index (χ1n) is 2.19. The van der Waals surface area contributed by atoms with Gasteiger partial charge in [-0.05, 0) is 0 Å². The van der Waals surface area contributed by atoms with Crippen LogP contribution in [-0.4, -0.2) is 15.0 Å². The number of nitrogens with zero attached hydrogens (tertiary/aromatic N) is 2. The SMILES string of the molecule is c1nc2scnc2[nH]1. The number of nitrogens with one attached hydrogen (secondary N) is 1. The topological polar surface area (TPSA) is 41.6 Å². The number of aromatic nitrogens is 3. The average molecular weight is 125 g/mol. The van der Waals surface area contributed by atoms with Crippen LogP contribution >= 0.6 is 11.3 Å². The highest BCUT2D eigenvalue weighted by Crippen LogP contribution is 2.10. The van der Waals surface area contributed by atoms with Gasteiger partial charge in [-0.1, -0.05) is 0 Å². The number of imidazole rings is 1. The van der Waals surface area contributed by atoms with E-state index in [1.54, 1.807) is 23.2 Å². The van der Waals surface area contributed by atoms with Crippen molar-refractivity contribution in [1.29, 1.82) is 0 Å². The number of hydrogen-bond donors (Lipinski definition) is 1. The fourth-order valence-electron chi connectivity index (χ4n) is 0.583. The summed E-state index contributed by atoms with van der Waals surface area (Å²) >= 11 is 1.54. The molecular weight excluding hydrogens is 122 g/mol. The number of thiazole rings is 1. The number of H-pyrrole nitrogens is 1. The number of aromatic amines is 1. The molecule has 0 unspecified atom stereocenters. The lowest BCUT2D eigenvalue weighted by molar-refractivity contribution is 1.31. The Morgan fingerprint density at radius 1 is 1.50 bits per heavy atom. The van der Waals surface area contributed by atoms with E-state index in [2.05, 4.69) is 15.0 Å². The van der Waals surface area contributed by atoms with Gasteiger partial charge < -0.3 is 4.98 Å². The molecule has 0 saturated carbocycles. The van der Waals surface area contributed by atoms with Crippen LogP contribution in [0, 0.1) is 0 Å². The van der Waals surface area contributed by atoms with E-state index in [1.807, 2.05) is 0 Å². The van der Waals surface area contributed by atoms with Crippen molar-refractivity contribution in [3.63, 3.8) is 0 Å². The minimum atomic E-state index is 0.884. The summed E-state index contributed by atoms with van der Waals surface area (Å²) in [5.74, 6) is 0. The van der Waals surface area contributed by atoms with Gasteiger partial charge in [-0.25, -0.2) is 9.97 Å². The van der Waals surface area contributed by atoms with Crippen molar-refractivity contribution >= 4 is 21.8 Å². The number of fused-ring (bicyclic) bond motifs is 1. The molecule has 0 aliphatic heterocycles. The Labute approximate surface area is 49.4 Å². The number of rotatable bonds is 0. The van der Waals surface area contributed by atoms with Gasteiger partial charge in [0.1, 0.15) is 0 Å². The van der Waals surface area contributed by atoms with Crippen molar-refractivity contribution < 1.29 is 0 Å². The average Bonchev–Trinajstić information content (AvgIpc) is 2.15. The highest BCUT2D eigenvalue weighted by molar-refractivity contribution is 7.16. The van der Waals surface area contributed by atoms with Gasteiger partial charge in [-0.2, -0.15) is 0 Å². The molecule has 2 aromatic heterocycles. The third kappa shape index (κ3) is 0.376. The van der Waals surface area contributed by atoms with E-state index in [4.69, 9.17) is 0 Å². The summed E-state index contributed by atoms with van der Waals surface area (Å²) in [6, 6.07) is 0. The summed E-state index contributed by atoms with van der Waals surface area (Å²) in [6.07, 6.45) is 1.65. The second kappa shape index (κ2) is 1.29. The van der Waals surface area contributed by atoms with Crippen molar-refractivity contribution in [3.05, 3.63) is 11.8 Å². The van der Waals surface area contributed by atoms with Crippen molar-refractivity contribution in [2.24, 2.45) is 0 Å². The zero-order chi connectivity index (χ0) is 5.40. The molecule has 0 aliphatic rings. The molecule has 2 aromatic rings. The number of hydrogen-bond acceptors (Lipinski definition) is 3. The lowest BCUT2D eigenvalue weighted by Gasteiger charge is -1.62. The van der Waals surface area contributed by atoms with Crippen LogP contribution < -0.4 is 0 Å². The van der Waals surface area contributed by atoms with Crippen LogP contribution in [0.5, 0.6) is 0 Å². The molecule has 2 rings (SSSR count). The van der Waals surface area contributed by atoms with E-state index in [0.717, 1.165) is 10.5 Å². The van der Waals surface area contributed by atoms with Crippen LogP contribution in [0.25, 0.3) is 10.5 Å². The van der Waals surface area contributed by atoms with Gasteiger partial charge in [-0.15, -0.1) is 11.3 Å². The normalized spacial score (nSPS) is 10.5. The predicted octanol–water partition coefficient (Wildman–Crippen LogP) is 1.02. The molecule has 0 fully saturated rings. The maximum absolute atomic E-state index is 3.98. The molecule has 2 heterocycles. The molecule has 3 nitrogen and oxygen atoms in total. The zero-order valence-electron chi connectivity index (χ0n) is 3.96. The Bertz CT molecular complexity index is 233. The summed E-state index contributed by atoms with van der Waals surface area (Å²) in [5, 5.41) is 0. The Morgan fingerprint density at radius 2 is 2.50 bits per heavy atom. The molecule has 40 valence electrons. The van der Waals surface area contributed by atoms with Crippen molar-refractivity contribution in [2.45, 2.75) is 0 Å². The zero-order valence-corrected chi connectivity index (χ0v) is 4.77. The molecule has 0 amide bonds. The summed E-state index contributed by atoms with van der Waals surface area (Å²) in [5.41, 5.74) is 2.66. The molecule has 0 aromatic carbocycles. The molecule has 0 bridgehead atoms. The van der Waals surface area contributed by atoms with E-state index in [1.165, 1.54) is 0 Å². The summed E-state index contributed by atoms with van der Waals surface area (Å²) < 4.78 is 0. The Kier molecular flexibility index (Phi) is 0.648. The molecule has 0 radical (unpaired) electrons. The third-order valence-corrected chi connectivity index (χ3v) is 1.66. The van der Waals surface area contributed by atoms with Gasteiger partial charge in [0.25, 0.3) is 0 Å². The second-order valence-electron chi connectivity index (χ2n) is 1.41. The molecule has 1 N–H and O–H groups in total. The van der Waals surface area contributed by atoms with Crippen LogP contribution in [0.4, 0.5) is 0 Å². The van der Waals surface area contributed by atoms with Crippen LogP contribution in [-0.2, 0) is 0 Å². The molecule has 0 atom stereocenters. The highest BCUT2D eigenvalue weighted by Gasteiger charge is 1.93. The standard InChI is InChI=1S/C4H3N3S/c1-5-3-4(6-1)8-2-7-3/h1-2H,(H,5,6). The van der Waals surface area contributed by atoms with Gasteiger partial charge in [-0.3, -0.25) is 0 Å². The first-order chi connectivity index (χ1) is 3.97. The summed E-state index contributed by atoms with van der Waals surface area (Å²) in [4.78, 5) is 11.8. The van der Waals surface area contributed by atoms with Crippen LogP contribution in [0.15, 0.2) is 11.8 Å². The largest absolute Gasteiger partial charge is 0.328 e. The van der Waals surface area contributed by atoms with Crippen molar-refractivity contribution in [1.82, 2.24) is 15.0 Å². The van der Waals surface area contributed by atoms with Crippen LogP contribution in [0.2, 0.25) is 0 Å². The third-order valence-electron chi connectivity index (χ3n) is 0.932. The fourth-order valence-corrected chi connectivity index (χ4v) is 1.18.